The lowest BCUT2D eigenvalue weighted by Crippen LogP contribution is -2.28. The van der Waals surface area contributed by atoms with E-state index in [1.807, 2.05) is 6.92 Å². The predicted octanol–water partition coefficient (Wildman–Crippen LogP) is 3.60. The second-order valence-corrected chi connectivity index (χ2v) is 7.02. The monoisotopic (exact) mass is 385 g/mol. The van der Waals surface area contributed by atoms with E-state index in [9.17, 15) is 14.4 Å². The molecule has 0 unspecified atom stereocenters. The van der Waals surface area contributed by atoms with Crippen LogP contribution in [-0.2, 0) is 14.4 Å². The lowest BCUT2D eigenvalue weighted by atomic mass is 10.1. The number of carbonyl (C=O) groups is 3. The van der Waals surface area contributed by atoms with E-state index in [-0.39, 0.29) is 24.1 Å². The molecule has 0 bridgehead atoms. The van der Waals surface area contributed by atoms with Gasteiger partial charge in [-0.3, -0.25) is 14.4 Å². The molecular formula is C20H20ClN3O3. The SMILES string of the molecule is CC(=O)Nc1cccc(N2C[C@H](C(=O)Nc3ccc(Cl)cc3C)CC2=O)c1. The van der Waals surface area contributed by atoms with Crippen LogP contribution in [0.2, 0.25) is 5.02 Å². The van der Waals surface area contributed by atoms with E-state index in [0.29, 0.717) is 28.6 Å². The van der Waals surface area contributed by atoms with Gasteiger partial charge in [0.15, 0.2) is 0 Å². The van der Waals surface area contributed by atoms with Gasteiger partial charge >= 0.3 is 0 Å². The van der Waals surface area contributed by atoms with Gasteiger partial charge in [0, 0.05) is 42.0 Å². The summed E-state index contributed by atoms with van der Waals surface area (Å²) in [6, 6.07) is 12.3. The molecule has 0 saturated carbocycles. The van der Waals surface area contributed by atoms with Gasteiger partial charge in [0.25, 0.3) is 0 Å². The molecule has 140 valence electrons. The van der Waals surface area contributed by atoms with Gasteiger partial charge in [-0.2, -0.15) is 0 Å². The number of anilines is 3. The maximum absolute atomic E-state index is 12.6. The normalized spacial score (nSPS) is 16.3. The Morgan fingerprint density at radius 1 is 1.15 bits per heavy atom. The third-order valence-electron chi connectivity index (χ3n) is 4.42. The fourth-order valence-electron chi connectivity index (χ4n) is 3.09. The number of aryl methyl sites for hydroxylation is 1. The summed E-state index contributed by atoms with van der Waals surface area (Å²) in [7, 11) is 0. The Labute approximate surface area is 162 Å². The van der Waals surface area contributed by atoms with Crippen molar-refractivity contribution in [2.45, 2.75) is 20.3 Å². The summed E-state index contributed by atoms with van der Waals surface area (Å²) in [6.07, 6.45) is 0.142. The molecule has 2 N–H and O–H groups in total. The number of amides is 3. The van der Waals surface area contributed by atoms with Crippen LogP contribution in [0.4, 0.5) is 17.1 Å². The molecule has 2 aromatic carbocycles. The number of nitrogens with zero attached hydrogens (tertiary/aromatic N) is 1. The lowest BCUT2D eigenvalue weighted by molar-refractivity contribution is -0.122. The fraction of sp³-hybridized carbons (Fsp3) is 0.250. The molecule has 27 heavy (non-hydrogen) atoms. The molecule has 6 nitrogen and oxygen atoms in total. The Bertz CT molecular complexity index is 913. The van der Waals surface area contributed by atoms with E-state index in [0.717, 1.165) is 5.56 Å². The van der Waals surface area contributed by atoms with E-state index in [1.54, 1.807) is 47.4 Å². The molecule has 3 rings (SSSR count). The molecule has 2 aromatic rings. The summed E-state index contributed by atoms with van der Waals surface area (Å²) in [6.45, 7) is 3.58. The first-order valence-electron chi connectivity index (χ1n) is 8.58. The zero-order valence-electron chi connectivity index (χ0n) is 15.1. The Balaban J connectivity index is 1.71. The summed E-state index contributed by atoms with van der Waals surface area (Å²) in [5.74, 6) is -0.954. The van der Waals surface area contributed by atoms with Crippen LogP contribution in [-0.4, -0.2) is 24.3 Å². The van der Waals surface area contributed by atoms with Gasteiger partial charge in [-0.1, -0.05) is 17.7 Å². The van der Waals surface area contributed by atoms with Gasteiger partial charge < -0.3 is 15.5 Å². The van der Waals surface area contributed by atoms with E-state index < -0.39 is 5.92 Å². The lowest BCUT2D eigenvalue weighted by Gasteiger charge is -2.18. The third kappa shape index (κ3) is 4.46. The van der Waals surface area contributed by atoms with Gasteiger partial charge in [-0.15, -0.1) is 0 Å². The first-order chi connectivity index (χ1) is 12.8. The highest BCUT2D eigenvalue weighted by Crippen LogP contribution is 2.28. The summed E-state index contributed by atoms with van der Waals surface area (Å²) in [5, 5.41) is 6.17. The molecule has 7 heteroatoms. The maximum Gasteiger partial charge on any atom is 0.229 e. The van der Waals surface area contributed by atoms with Crippen molar-refractivity contribution in [2.75, 3.05) is 22.1 Å². The standard InChI is InChI=1S/C20H20ClN3O3/c1-12-8-15(21)6-7-18(12)23-20(27)14-9-19(26)24(11-14)17-5-3-4-16(10-17)22-13(2)25/h3-8,10,14H,9,11H2,1-2H3,(H,22,25)(H,23,27)/t14-/m1/s1. The molecule has 1 heterocycles. The molecule has 1 aliphatic rings. The average molecular weight is 386 g/mol. The number of hydrogen-bond acceptors (Lipinski definition) is 3. The predicted molar refractivity (Wildman–Crippen MR) is 106 cm³/mol. The minimum Gasteiger partial charge on any atom is -0.326 e. The zero-order chi connectivity index (χ0) is 19.6. The Kier molecular flexibility index (Phi) is 5.46. The summed E-state index contributed by atoms with van der Waals surface area (Å²) in [4.78, 5) is 37.8. The van der Waals surface area contributed by atoms with Crippen LogP contribution >= 0.6 is 11.6 Å². The molecule has 0 aromatic heterocycles. The van der Waals surface area contributed by atoms with Crippen LogP contribution in [0.3, 0.4) is 0 Å². The molecule has 1 atom stereocenters. The number of benzene rings is 2. The van der Waals surface area contributed by atoms with Crippen molar-refractivity contribution in [3.8, 4) is 0 Å². The van der Waals surface area contributed by atoms with Crippen molar-refractivity contribution >= 4 is 46.4 Å². The zero-order valence-corrected chi connectivity index (χ0v) is 15.8. The van der Waals surface area contributed by atoms with Crippen molar-refractivity contribution in [1.82, 2.24) is 0 Å². The van der Waals surface area contributed by atoms with Crippen LogP contribution in [0.1, 0.15) is 18.9 Å². The average Bonchev–Trinajstić information content (AvgIpc) is 2.99. The highest BCUT2D eigenvalue weighted by atomic mass is 35.5. The Morgan fingerprint density at radius 3 is 2.63 bits per heavy atom. The first kappa shape index (κ1) is 18.9. The molecule has 0 radical (unpaired) electrons. The molecule has 1 aliphatic heterocycles. The molecular weight excluding hydrogens is 366 g/mol. The largest absolute Gasteiger partial charge is 0.326 e. The van der Waals surface area contributed by atoms with Crippen LogP contribution in [0.15, 0.2) is 42.5 Å². The minimum atomic E-state index is -0.447. The smallest absolute Gasteiger partial charge is 0.229 e. The van der Waals surface area contributed by atoms with Gasteiger partial charge in [0.2, 0.25) is 17.7 Å². The van der Waals surface area contributed by atoms with Crippen LogP contribution in [0.25, 0.3) is 0 Å². The number of hydrogen-bond donors (Lipinski definition) is 2. The third-order valence-corrected chi connectivity index (χ3v) is 4.66. The second kappa shape index (κ2) is 7.80. The van der Waals surface area contributed by atoms with E-state index in [2.05, 4.69) is 10.6 Å². The number of carbonyl (C=O) groups excluding carboxylic acids is 3. The molecule has 0 spiro atoms. The van der Waals surface area contributed by atoms with Crippen molar-refractivity contribution < 1.29 is 14.4 Å². The molecule has 0 aliphatic carbocycles. The van der Waals surface area contributed by atoms with Crippen molar-refractivity contribution in [3.05, 3.63) is 53.1 Å². The van der Waals surface area contributed by atoms with Gasteiger partial charge in [-0.05, 0) is 48.9 Å². The highest BCUT2D eigenvalue weighted by Gasteiger charge is 2.35. The van der Waals surface area contributed by atoms with Gasteiger partial charge in [0.05, 0.1) is 5.92 Å². The van der Waals surface area contributed by atoms with E-state index >= 15 is 0 Å². The van der Waals surface area contributed by atoms with Gasteiger partial charge in [0.1, 0.15) is 0 Å². The van der Waals surface area contributed by atoms with Crippen molar-refractivity contribution in [3.63, 3.8) is 0 Å². The molecule has 1 saturated heterocycles. The highest BCUT2D eigenvalue weighted by molar-refractivity contribution is 6.30. The fourth-order valence-corrected chi connectivity index (χ4v) is 3.32. The number of rotatable bonds is 4. The minimum absolute atomic E-state index is 0.122. The van der Waals surface area contributed by atoms with E-state index in [1.165, 1.54) is 6.92 Å². The maximum atomic E-state index is 12.6. The van der Waals surface area contributed by atoms with Crippen LogP contribution in [0, 0.1) is 12.8 Å². The molecule has 1 fully saturated rings. The first-order valence-corrected chi connectivity index (χ1v) is 8.96. The summed E-state index contributed by atoms with van der Waals surface area (Å²) >= 11 is 5.94. The van der Waals surface area contributed by atoms with Gasteiger partial charge in [-0.25, -0.2) is 0 Å². The summed E-state index contributed by atoms with van der Waals surface area (Å²) in [5.41, 5.74) is 2.81. The number of nitrogens with one attached hydrogen (secondary N) is 2. The summed E-state index contributed by atoms with van der Waals surface area (Å²) < 4.78 is 0. The topological polar surface area (TPSA) is 78.5 Å². The van der Waals surface area contributed by atoms with Crippen LogP contribution < -0.4 is 15.5 Å². The Morgan fingerprint density at radius 2 is 1.93 bits per heavy atom. The van der Waals surface area contributed by atoms with Crippen molar-refractivity contribution in [2.24, 2.45) is 5.92 Å². The molecule has 3 amide bonds. The quantitative estimate of drug-likeness (QED) is 0.844. The Hall–Kier alpha value is -2.86. The van der Waals surface area contributed by atoms with Crippen molar-refractivity contribution in [1.29, 1.82) is 0 Å². The number of halogens is 1. The van der Waals surface area contributed by atoms with Crippen LogP contribution in [0.5, 0.6) is 0 Å². The second-order valence-electron chi connectivity index (χ2n) is 6.59. The van der Waals surface area contributed by atoms with E-state index in [4.69, 9.17) is 11.6 Å².